The van der Waals surface area contributed by atoms with Gasteiger partial charge in [-0.3, -0.25) is 0 Å². The van der Waals surface area contributed by atoms with Gasteiger partial charge in [-0.25, -0.2) is 0 Å². The lowest BCUT2D eigenvalue weighted by Crippen LogP contribution is -2.50. The van der Waals surface area contributed by atoms with Crippen molar-refractivity contribution in [2.24, 2.45) is 35.5 Å². The highest BCUT2D eigenvalue weighted by Crippen LogP contribution is 2.65. The predicted octanol–water partition coefficient (Wildman–Crippen LogP) is 7.19. The lowest BCUT2D eigenvalue weighted by Gasteiger charge is -2.58. The van der Waals surface area contributed by atoms with Gasteiger partial charge in [0.1, 0.15) is 11.5 Å². The van der Waals surface area contributed by atoms with E-state index in [1.165, 1.54) is 88.2 Å². The van der Waals surface area contributed by atoms with Gasteiger partial charge in [0.15, 0.2) is 0 Å². The summed E-state index contributed by atoms with van der Waals surface area (Å²) in [5.74, 6) is 5.92. The molecule has 8 aliphatic carbocycles. The van der Waals surface area contributed by atoms with Gasteiger partial charge in [0.05, 0.1) is 5.39 Å². The van der Waals surface area contributed by atoms with Crippen LogP contribution in [0.4, 0.5) is 0 Å². The van der Waals surface area contributed by atoms with E-state index in [1.54, 1.807) is 6.07 Å². The molecule has 2 aromatic carbocycles. The topological polar surface area (TPSA) is 40.5 Å². The van der Waals surface area contributed by atoms with Gasteiger partial charge in [-0.15, -0.1) is 0 Å². The second-order valence-electron chi connectivity index (χ2n) is 13.4. The van der Waals surface area contributed by atoms with Crippen molar-refractivity contribution >= 4 is 10.8 Å². The SMILES string of the molecule is Oc1cccc2c(C34CC5CC(CC(C5)C3)C4)cc(C34CC5CC(CC(C5)C3)C4)c(O)c12. The first-order valence-corrected chi connectivity index (χ1v) is 13.5. The molecule has 0 heterocycles. The summed E-state index contributed by atoms with van der Waals surface area (Å²) >= 11 is 0. The maximum atomic E-state index is 11.7. The number of phenolic OH excluding ortho intramolecular Hbond substituents is 2. The molecular weight excluding hydrogens is 392 g/mol. The first kappa shape index (κ1) is 18.7. The van der Waals surface area contributed by atoms with Gasteiger partial charge >= 0.3 is 0 Å². The molecule has 8 bridgehead atoms. The highest BCUT2D eigenvalue weighted by molar-refractivity contribution is 5.97. The van der Waals surface area contributed by atoms with Crippen molar-refractivity contribution in [1.82, 2.24) is 0 Å². The molecule has 0 aliphatic heterocycles. The van der Waals surface area contributed by atoms with Gasteiger partial charge in [0.2, 0.25) is 0 Å². The third-order valence-electron chi connectivity index (χ3n) is 11.3. The van der Waals surface area contributed by atoms with Crippen LogP contribution in [0, 0.1) is 35.5 Å². The van der Waals surface area contributed by atoms with Gasteiger partial charge < -0.3 is 10.2 Å². The molecule has 2 N–H and O–H groups in total. The third-order valence-corrected chi connectivity index (χ3v) is 11.3. The molecule has 0 amide bonds. The number of rotatable bonds is 2. The minimum atomic E-state index is 0.145. The van der Waals surface area contributed by atoms with Crippen molar-refractivity contribution in [3.05, 3.63) is 35.4 Å². The Kier molecular flexibility index (Phi) is 3.53. The predicted molar refractivity (Wildman–Crippen MR) is 127 cm³/mol. The van der Waals surface area contributed by atoms with Gasteiger partial charge in [-0.1, -0.05) is 18.2 Å². The minimum absolute atomic E-state index is 0.145. The van der Waals surface area contributed by atoms with E-state index >= 15 is 0 Å². The number of hydrogen-bond acceptors (Lipinski definition) is 2. The van der Waals surface area contributed by atoms with Gasteiger partial charge in [-0.05, 0) is 140 Å². The smallest absolute Gasteiger partial charge is 0.130 e. The van der Waals surface area contributed by atoms with Crippen LogP contribution in [0.2, 0.25) is 0 Å². The highest BCUT2D eigenvalue weighted by Gasteiger charge is 2.55. The Bertz CT molecular complexity index is 1060. The largest absolute Gasteiger partial charge is 0.507 e. The fourth-order valence-corrected chi connectivity index (χ4v) is 11.2. The fraction of sp³-hybridized carbons (Fsp3) is 0.667. The molecule has 2 aromatic rings. The Labute approximate surface area is 191 Å². The van der Waals surface area contributed by atoms with E-state index in [1.807, 2.05) is 6.07 Å². The van der Waals surface area contributed by atoms with Crippen molar-refractivity contribution in [2.45, 2.75) is 87.9 Å². The molecule has 2 heteroatoms. The second kappa shape index (κ2) is 6.05. The van der Waals surface area contributed by atoms with Crippen LogP contribution in [0.25, 0.3) is 10.8 Å². The van der Waals surface area contributed by atoms with Crippen LogP contribution in [-0.4, -0.2) is 10.2 Å². The molecular formula is C30H36O2. The molecule has 8 saturated carbocycles. The van der Waals surface area contributed by atoms with Crippen LogP contribution in [0.1, 0.15) is 88.2 Å². The maximum absolute atomic E-state index is 11.7. The van der Waals surface area contributed by atoms with E-state index in [9.17, 15) is 10.2 Å². The lowest BCUT2D eigenvalue weighted by molar-refractivity contribution is -0.00849. The Morgan fingerprint density at radius 3 is 1.50 bits per heavy atom. The first-order chi connectivity index (χ1) is 15.5. The van der Waals surface area contributed by atoms with Crippen molar-refractivity contribution in [3.8, 4) is 11.5 Å². The van der Waals surface area contributed by atoms with Gasteiger partial charge in [-0.2, -0.15) is 0 Å². The molecule has 0 atom stereocenters. The molecule has 0 radical (unpaired) electrons. The normalized spacial score (nSPS) is 45.8. The Hall–Kier alpha value is -1.70. The van der Waals surface area contributed by atoms with Crippen molar-refractivity contribution < 1.29 is 10.2 Å². The summed E-state index contributed by atoms with van der Waals surface area (Å²) in [6.07, 6.45) is 16.3. The quantitative estimate of drug-likeness (QED) is 0.531. The number of aromatic hydroxyl groups is 2. The molecule has 168 valence electrons. The van der Waals surface area contributed by atoms with E-state index in [0.29, 0.717) is 5.75 Å². The fourth-order valence-electron chi connectivity index (χ4n) is 11.2. The minimum Gasteiger partial charge on any atom is -0.507 e. The molecule has 32 heavy (non-hydrogen) atoms. The Morgan fingerprint density at radius 2 is 1.03 bits per heavy atom. The Morgan fingerprint density at radius 1 is 0.594 bits per heavy atom. The summed E-state index contributed by atoms with van der Waals surface area (Å²) in [7, 11) is 0. The number of benzene rings is 2. The maximum Gasteiger partial charge on any atom is 0.130 e. The molecule has 8 aliphatic rings. The van der Waals surface area contributed by atoms with E-state index < -0.39 is 0 Å². The Balaban J connectivity index is 1.37. The van der Waals surface area contributed by atoms with Gasteiger partial charge in [0, 0.05) is 5.56 Å². The summed E-state index contributed by atoms with van der Waals surface area (Å²) in [5, 5.41) is 24.6. The summed E-state index contributed by atoms with van der Waals surface area (Å²) in [6, 6.07) is 8.48. The first-order valence-electron chi connectivity index (χ1n) is 13.5. The van der Waals surface area contributed by atoms with Crippen molar-refractivity contribution in [3.63, 3.8) is 0 Å². The van der Waals surface area contributed by atoms with Crippen molar-refractivity contribution in [1.29, 1.82) is 0 Å². The van der Waals surface area contributed by atoms with E-state index in [2.05, 4.69) is 12.1 Å². The monoisotopic (exact) mass is 428 g/mol. The van der Waals surface area contributed by atoms with Crippen LogP contribution >= 0.6 is 0 Å². The zero-order chi connectivity index (χ0) is 21.2. The zero-order valence-corrected chi connectivity index (χ0v) is 19.2. The average molecular weight is 429 g/mol. The number of fused-ring (bicyclic) bond motifs is 1. The molecule has 0 saturated heterocycles. The van der Waals surface area contributed by atoms with Crippen LogP contribution < -0.4 is 0 Å². The highest BCUT2D eigenvalue weighted by atomic mass is 16.3. The van der Waals surface area contributed by atoms with E-state index in [0.717, 1.165) is 46.3 Å². The standard InChI is InChI=1S/C30H36O2/c31-26-3-1-2-23-24(29-11-17-4-18(12-29)6-19(5-17)13-29)10-25(28(32)27(23)26)30-14-20-7-21(15-30)9-22(8-20)16-30/h1-3,10,17-22,31-32H,4-9,11-16H2. The van der Waals surface area contributed by atoms with Gasteiger partial charge in [0.25, 0.3) is 0 Å². The number of phenols is 2. The molecule has 0 spiro atoms. The summed E-state index contributed by atoms with van der Waals surface area (Å²) in [4.78, 5) is 0. The van der Waals surface area contributed by atoms with E-state index in [-0.39, 0.29) is 16.6 Å². The van der Waals surface area contributed by atoms with Crippen molar-refractivity contribution in [2.75, 3.05) is 0 Å². The summed E-state index contributed by atoms with van der Waals surface area (Å²) < 4.78 is 0. The van der Waals surface area contributed by atoms with Crippen LogP contribution in [0.15, 0.2) is 24.3 Å². The summed E-state index contributed by atoms with van der Waals surface area (Å²) in [6.45, 7) is 0. The second-order valence-corrected chi connectivity index (χ2v) is 13.4. The zero-order valence-electron chi connectivity index (χ0n) is 19.2. The van der Waals surface area contributed by atoms with E-state index in [4.69, 9.17) is 0 Å². The third kappa shape index (κ3) is 2.37. The molecule has 0 aromatic heterocycles. The van der Waals surface area contributed by atoms with Crippen LogP contribution in [0.3, 0.4) is 0 Å². The summed E-state index contributed by atoms with van der Waals surface area (Å²) in [5.41, 5.74) is 3.13. The molecule has 0 unspecified atom stereocenters. The number of hydrogen-bond donors (Lipinski definition) is 2. The lowest BCUT2D eigenvalue weighted by atomic mass is 9.46. The van der Waals surface area contributed by atoms with Crippen LogP contribution in [0.5, 0.6) is 11.5 Å². The average Bonchev–Trinajstić information content (AvgIpc) is 2.71. The molecule has 8 fully saturated rings. The molecule has 10 rings (SSSR count). The molecule has 2 nitrogen and oxygen atoms in total. The van der Waals surface area contributed by atoms with Crippen LogP contribution in [-0.2, 0) is 10.8 Å².